The molecule has 112 valence electrons. The minimum Gasteiger partial charge on any atom is -0.310 e. The lowest BCUT2D eigenvalue weighted by molar-refractivity contribution is 0.598. The summed E-state index contributed by atoms with van der Waals surface area (Å²) >= 11 is 6.44. The molecule has 1 aromatic carbocycles. The minimum absolute atomic E-state index is 0.704. The largest absolute Gasteiger partial charge is 0.310 e. The van der Waals surface area contributed by atoms with Crippen LogP contribution in [-0.4, -0.2) is 15.8 Å². The number of hydrogen-bond donors (Lipinski definition) is 1. The summed E-state index contributed by atoms with van der Waals surface area (Å²) < 4.78 is 2.02. The molecule has 0 aliphatic heterocycles. The molecular weight excluding hydrogens is 282 g/mol. The van der Waals surface area contributed by atoms with E-state index in [0.29, 0.717) is 6.04 Å². The summed E-state index contributed by atoms with van der Waals surface area (Å²) in [7, 11) is 0. The summed E-state index contributed by atoms with van der Waals surface area (Å²) in [4.78, 5) is 0. The summed E-state index contributed by atoms with van der Waals surface area (Å²) in [6.45, 7) is 6.03. The molecule has 1 aromatic heterocycles. The van der Waals surface area contributed by atoms with E-state index in [1.807, 2.05) is 4.68 Å². The van der Waals surface area contributed by atoms with Crippen molar-refractivity contribution in [3.63, 3.8) is 0 Å². The molecule has 3 rings (SSSR count). The number of benzene rings is 1. The average molecular weight is 304 g/mol. The van der Waals surface area contributed by atoms with Crippen LogP contribution in [0, 0.1) is 6.92 Å². The second-order valence-electron chi connectivity index (χ2n) is 5.85. The zero-order chi connectivity index (χ0) is 14.8. The Kier molecular flexibility index (Phi) is 4.32. The van der Waals surface area contributed by atoms with Crippen LogP contribution < -0.4 is 5.32 Å². The van der Waals surface area contributed by atoms with E-state index in [1.165, 1.54) is 24.0 Å². The first-order chi connectivity index (χ1) is 10.2. The molecule has 1 heterocycles. The molecule has 0 unspecified atom stereocenters. The van der Waals surface area contributed by atoms with E-state index in [0.717, 1.165) is 35.8 Å². The van der Waals surface area contributed by atoms with Gasteiger partial charge in [0.1, 0.15) is 0 Å². The van der Waals surface area contributed by atoms with Gasteiger partial charge in [0, 0.05) is 35.9 Å². The van der Waals surface area contributed by atoms with Gasteiger partial charge in [0.05, 0.1) is 5.69 Å². The van der Waals surface area contributed by atoms with Crippen molar-refractivity contribution in [3.05, 3.63) is 40.7 Å². The maximum atomic E-state index is 6.44. The van der Waals surface area contributed by atoms with E-state index in [2.05, 4.69) is 48.7 Å². The monoisotopic (exact) mass is 303 g/mol. The molecule has 1 aliphatic rings. The molecule has 4 heteroatoms. The van der Waals surface area contributed by atoms with Crippen LogP contribution in [0.15, 0.2) is 24.4 Å². The SMILES string of the molecule is CCCn1cc(-c2ccc(CNC3CC3)c(Cl)c2)c(C)n1. The summed E-state index contributed by atoms with van der Waals surface area (Å²) in [5.41, 5.74) is 4.55. The van der Waals surface area contributed by atoms with Gasteiger partial charge in [-0.1, -0.05) is 30.7 Å². The van der Waals surface area contributed by atoms with Crippen LogP contribution in [0.25, 0.3) is 11.1 Å². The van der Waals surface area contributed by atoms with Crippen molar-refractivity contribution in [2.75, 3.05) is 0 Å². The first-order valence-electron chi connectivity index (χ1n) is 7.73. The molecule has 0 saturated heterocycles. The van der Waals surface area contributed by atoms with Crippen molar-refractivity contribution in [2.45, 2.75) is 52.2 Å². The highest BCUT2D eigenvalue weighted by atomic mass is 35.5. The molecule has 0 radical (unpaired) electrons. The second kappa shape index (κ2) is 6.20. The Morgan fingerprint density at radius 3 is 2.86 bits per heavy atom. The zero-order valence-electron chi connectivity index (χ0n) is 12.7. The van der Waals surface area contributed by atoms with Gasteiger partial charge in [-0.05, 0) is 43.4 Å². The van der Waals surface area contributed by atoms with Crippen LogP contribution in [0.4, 0.5) is 0 Å². The first kappa shape index (κ1) is 14.6. The Balaban J connectivity index is 1.80. The van der Waals surface area contributed by atoms with Gasteiger partial charge in [0.25, 0.3) is 0 Å². The Hall–Kier alpha value is -1.32. The fourth-order valence-electron chi connectivity index (χ4n) is 2.54. The fourth-order valence-corrected chi connectivity index (χ4v) is 2.79. The molecule has 1 saturated carbocycles. The topological polar surface area (TPSA) is 29.9 Å². The molecule has 2 aromatic rings. The number of hydrogen-bond acceptors (Lipinski definition) is 2. The number of aryl methyl sites for hydroxylation is 2. The first-order valence-corrected chi connectivity index (χ1v) is 8.11. The summed E-state index contributed by atoms with van der Waals surface area (Å²) in [5.74, 6) is 0. The molecule has 21 heavy (non-hydrogen) atoms. The molecule has 0 atom stereocenters. The number of nitrogens with zero attached hydrogens (tertiary/aromatic N) is 2. The van der Waals surface area contributed by atoms with Crippen LogP contribution in [-0.2, 0) is 13.1 Å². The Labute approximate surface area is 131 Å². The smallest absolute Gasteiger partial charge is 0.0672 e. The third-order valence-electron chi connectivity index (χ3n) is 3.92. The molecule has 0 bridgehead atoms. The minimum atomic E-state index is 0.704. The Bertz CT molecular complexity index is 629. The van der Waals surface area contributed by atoms with Gasteiger partial charge < -0.3 is 5.32 Å². The van der Waals surface area contributed by atoms with Gasteiger partial charge in [0.15, 0.2) is 0 Å². The highest BCUT2D eigenvalue weighted by molar-refractivity contribution is 6.31. The zero-order valence-corrected chi connectivity index (χ0v) is 13.5. The van der Waals surface area contributed by atoms with Crippen LogP contribution in [0.5, 0.6) is 0 Å². The van der Waals surface area contributed by atoms with E-state index in [9.17, 15) is 0 Å². The Morgan fingerprint density at radius 2 is 2.19 bits per heavy atom. The van der Waals surface area contributed by atoms with Gasteiger partial charge in [-0.3, -0.25) is 4.68 Å². The molecule has 1 N–H and O–H groups in total. The maximum absolute atomic E-state index is 6.44. The number of rotatable bonds is 6. The van der Waals surface area contributed by atoms with Gasteiger partial charge in [-0.2, -0.15) is 5.10 Å². The van der Waals surface area contributed by atoms with Gasteiger partial charge >= 0.3 is 0 Å². The third kappa shape index (κ3) is 3.47. The standard InChI is InChI=1S/C17H22ClN3/c1-3-8-21-11-16(12(2)20-21)13-4-5-14(17(18)9-13)10-19-15-6-7-15/h4-5,9,11,15,19H,3,6-8,10H2,1-2H3. The average Bonchev–Trinajstić information content (AvgIpc) is 3.21. The number of nitrogens with one attached hydrogen (secondary N) is 1. The van der Waals surface area contributed by atoms with Gasteiger partial charge in [0.2, 0.25) is 0 Å². The predicted octanol–water partition coefficient (Wildman–Crippen LogP) is 4.17. The third-order valence-corrected chi connectivity index (χ3v) is 4.27. The van der Waals surface area contributed by atoms with Crippen LogP contribution in [0.3, 0.4) is 0 Å². The lowest BCUT2D eigenvalue weighted by Crippen LogP contribution is -2.15. The van der Waals surface area contributed by atoms with E-state index in [1.54, 1.807) is 0 Å². The molecule has 0 spiro atoms. The highest BCUT2D eigenvalue weighted by Gasteiger charge is 2.20. The van der Waals surface area contributed by atoms with Crippen molar-refractivity contribution >= 4 is 11.6 Å². The van der Waals surface area contributed by atoms with Crippen molar-refractivity contribution in [3.8, 4) is 11.1 Å². The number of halogens is 1. The van der Waals surface area contributed by atoms with E-state index < -0.39 is 0 Å². The number of aromatic nitrogens is 2. The normalized spacial score (nSPS) is 14.6. The maximum Gasteiger partial charge on any atom is 0.0672 e. The summed E-state index contributed by atoms with van der Waals surface area (Å²) in [6.07, 6.45) is 5.80. The van der Waals surface area contributed by atoms with Crippen molar-refractivity contribution in [2.24, 2.45) is 0 Å². The van der Waals surface area contributed by atoms with E-state index in [-0.39, 0.29) is 0 Å². The van der Waals surface area contributed by atoms with Crippen LogP contribution in [0.2, 0.25) is 5.02 Å². The molecule has 0 amide bonds. The fraction of sp³-hybridized carbons (Fsp3) is 0.471. The summed E-state index contributed by atoms with van der Waals surface area (Å²) in [6, 6.07) is 7.04. The summed E-state index contributed by atoms with van der Waals surface area (Å²) in [5, 5.41) is 8.90. The predicted molar refractivity (Wildman–Crippen MR) is 87.6 cm³/mol. The van der Waals surface area contributed by atoms with Crippen molar-refractivity contribution < 1.29 is 0 Å². The van der Waals surface area contributed by atoms with Crippen LogP contribution in [0.1, 0.15) is 37.4 Å². The van der Waals surface area contributed by atoms with E-state index in [4.69, 9.17) is 11.6 Å². The molecule has 3 nitrogen and oxygen atoms in total. The second-order valence-corrected chi connectivity index (χ2v) is 6.26. The Morgan fingerprint density at radius 1 is 1.38 bits per heavy atom. The lowest BCUT2D eigenvalue weighted by Gasteiger charge is -2.08. The molecule has 1 aliphatic carbocycles. The quantitative estimate of drug-likeness (QED) is 0.868. The van der Waals surface area contributed by atoms with Gasteiger partial charge in [-0.15, -0.1) is 0 Å². The van der Waals surface area contributed by atoms with Crippen LogP contribution >= 0.6 is 11.6 Å². The lowest BCUT2D eigenvalue weighted by atomic mass is 10.0. The molecule has 1 fully saturated rings. The van der Waals surface area contributed by atoms with Crippen molar-refractivity contribution in [1.29, 1.82) is 0 Å². The molecular formula is C17H22ClN3. The van der Waals surface area contributed by atoms with Gasteiger partial charge in [-0.25, -0.2) is 0 Å². The highest BCUT2D eigenvalue weighted by Crippen LogP contribution is 2.28. The van der Waals surface area contributed by atoms with Crippen molar-refractivity contribution in [1.82, 2.24) is 15.1 Å². The van der Waals surface area contributed by atoms with E-state index >= 15 is 0 Å².